The lowest BCUT2D eigenvalue weighted by molar-refractivity contribution is -0.122. The van der Waals surface area contributed by atoms with E-state index in [4.69, 9.17) is 19.4 Å². The number of carbonyl (C=O) groups is 1. The number of hydrogen-bond acceptors (Lipinski definition) is 6. The number of para-hydroxylation sites is 1. The van der Waals surface area contributed by atoms with Crippen LogP contribution in [0.2, 0.25) is 0 Å². The van der Waals surface area contributed by atoms with Crippen molar-refractivity contribution in [3.05, 3.63) is 36.7 Å². The van der Waals surface area contributed by atoms with Gasteiger partial charge in [0.15, 0.2) is 0 Å². The monoisotopic (exact) mass is 411 g/mol. The molecule has 2 aromatic rings. The normalized spacial score (nSPS) is 19.1. The van der Waals surface area contributed by atoms with Gasteiger partial charge < -0.3 is 19.1 Å². The Kier molecular flexibility index (Phi) is 7.55. The predicted octanol–water partition coefficient (Wildman–Crippen LogP) is 1.34. The van der Waals surface area contributed by atoms with Crippen LogP contribution in [-0.2, 0) is 19.6 Å². The second kappa shape index (κ2) is 9.67. The van der Waals surface area contributed by atoms with Crippen molar-refractivity contribution in [2.24, 2.45) is 5.92 Å². The van der Waals surface area contributed by atoms with Gasteiger partial charge >= 0.3 is 0 Å². The molecule has 1 saturated heterocycles. The number of nitrogens with zero attached hydrogens (tertiary/aromatic N) is 3. The fourth-order valence-corrected chi connectivity index (χ4v) is 4.25. The van der Waals surface area contributed by atoms with E-state index in [0.717, 1.165) is 17.1 Å². The Morgan fingerprint density at radius 1 is 1.36 bits per heavy atom. The maximum Gasteiger partial charge on any atom is 0.290 e. The van der Waals surface area contributed by atoms with Crippen molar-refractivity contribution in [2.75, 3.05) is 40.2 Å². The Morgan fingerprint density at radius 3 is 2.68 bits per heavy atom. The van der Waals surface area contributed by atoms with Crippen LogP contribution in [0.3, 0.4) is 0 Å². The van der Waals surface area contributed by atoms with Crippen molar-refractivity contribution in [1.29, 1.82) is 0 Å². The van der Waals surface area contributed by atoms with Crippen molar-refractivity contribution in [3.8, 4) is 17.1 Å². The van der Waals surface area contributed by atoms with Gasteiger partial charge in [-0.05, 0) is 12.1 Å². The molecular formula is C18H25N3O6S. The molecule has 1 aromatic carbocycles. The van der Waals surface area contributed by atoms with Crippen LogP contribution in [0.4, 0.5) is 0 Å². The number of carboxylic acid groups (broad SMARTS) is 1. The number of methoxy groups -OCH3 is 1. The quantitative estimate of drug-likeness (QED) is 0.714. The SMILES string of the molecule is COc1ccccc1-c1nccn1[C@@H]1COC[C@@H]1CS(=O)(=O)N(C)C.O=CO. The van der Waals surface area contributed by atoms with Crippen LogP contribution in [0.1, 0.15) is 6.04 Å². The molecule has 1 aliphatic heterocycles. The molecule has 1 fully saturated rings. The van der Waals surface area contributed by atoms with E-state index in [2.05, 4.69) is 4.98 Å². The number of aromatic nitrogens is 2. The number of hydrogen-bond donors (Lipinski definition) is 1. The number of benzene rings is 1. The van der Waals surface area contributed by atoms with Gasteiger partial charge in [0.05, 0.1) is 37.7 Å². The predicted molar refractivity (Wildman–Crippen MR) is 104 cm³/mol. The van der Waals surface area contributed by atoms with Crippen LogP contribution in [0.15, 0.2) is 36.7 Å². The first-order chi connectivity index (χ1) is 13.4. The van der Waals surface area contributed by atoms with Crippen LogP contribution in [0.5, 0.6) is 5.75 Å². The fraction of sp³-hybridized carbons (Fsp3) is 0.444. The molecule has 0 bridgehead atoms. The van der Waals surface area contributed by atoms with Crippen molar-refractivity contribution in [2.45, 2.75) is 6.04 Å². The summed E-state index contributed by atoms with van der Waals surface area (Å²) in [5.41, 5.74) is 0.871. The summed E-state index contributed by atoms with van der Waals surface area (Å²) in [5.74, 6) is 1.40. The summed E-state index contributed by atoms with van der Waals surface area (Å²) in [6.07, 6.45) is 3.59. The largest absolute Gasteiger partial charge is 0.496 e. The van der Waals surface area contributed by atoms with Crippen molar-refractivity contribution >= 4 is 16.5 Å². The molecule has 3 rings (SSSR count). The van der Waals surface area contributed by atoms with E-state index in [0.29, 0.717) is 13.2 Å². The van der Waals surface area contributed by atoms with Gasteiger partial charge in [0.2, 0.25) is 10.0 Å². The molecular weight excluding hydrogens is 386 g/mol. The number of sulfonamides is 1. The minimum atomic E-state index is -3.30. The van der Waals surface area contributed by atoms with Crippen LogP contribution in [0, 0.1) is 5.92 Å². The van der Waals surface area contributed by atoms with Crippen LogP contribution >= 0.6 is 0 Å². The summed E-state index contributed by atoms with van der Waals surface area (Å²) >= 11 is 0. The Labute approximate surface area is 164 Å². The van der Waals surface area contributed by atoms with E-state index in [1.54, 1.807) is 27.4 Å². The van der Waals surface area contributed by atoms with Gasteiger partial charge in [0, 0.05) is 32.4 Å². The first-order valence-electron chi connectivity index (χ1n) is 8.57. The molecule has 28 heavy (non-hydrogen) atoms. The Balaban J connectivity index is 0.000000878. The third-order valence-electron chi connectivity index (χ3n) is 4.52. The number of imidazole rings is 1. The van der Waals surface area contributed by atoms with Crippen LogP contribution < -0.4 is 4.74 Å². The summed E-state index contributed by atoms with van der Waals surface area (Å²) in [7, 11) is 1.43. The maximum atomic E-state index is 12.3. The molecule has 2 heterocycles. The molecule has 10 heteroatoms. The van der Waals surface area contributed by atoms with Crippen LogP contribution in [0.25, 0.3) is 11.4 Å². The molecule has 0 spiro atoms. The lowest BCUT2D eigenvalue weighted by atomic mass is 10.1. The lowest BCUT2D eigenvalue weighted by Gasteiger charge is -2.23. The molecule has 0 unspecified atom stereocenters. The molecule has 9 nitrogen and oxygen atoms in total. The van der Waals surface area contributed by atoms with Crippen LogP contribution in [-0.4, -0.2) is 74.0 Å². The summed E-state index contributed by atoms with van der Waals surface area (Å²) in [6.45, 7) is 0.632. The number of rotatable bonds is 6. The highest BCUT2D eigenvalue weighted by atomic mass is 32.2. The maximum absolute atomic E-state index is 12.3. The molecule has 0 radical (unpaired) electrons. The van der Waals surface area contributed by atoms with E-state index in [1.165, 1.54) is 4.31 Å². The third kappa shape index (κ3) is 4.89. The number of ether oxygens (including phenoxy) is 2. The summed E-state index contributed by atoms with van der Waals surface area (Å²) in [4.78, 5) is 12.8. The van der Waals surface area contributed by atoms with Gasteiger partial charge in [-0.15, -0.1) is 0 Å². The molecule has 0 amide bonds. The van der Waals surface area contributed by atoms with Gasteiger partial charge in [-0.2, -0.15) is 0 Å². The van der Waals surface area contributed by atoms with E-state index >= 15 is 0 Å². The van der Waals surface area contributed by atoms with E-state index in [1.807, 2.05) is 35.0 Å². The second-order valence-corrected chi connectivity index (χ2v) is 8.62. The van der Waals surface area contributed by atoms with Gasteiger partial charge in [-0.1, -0.05) is 12.1 Å². The minimum Gasteiger partial charge on any atom is -0.496 e. The molecule has 0 aliphatic carbocycles. The zero-order chi connectivity index (χ0) is 20.7. The average molecular weight is 411 g/mol. The smallest absolute Gasteiger partial charge is 0.290 e. The molecule has 0 saturated carbocycles. The Bertz CT molecular complexity index is 881. The zero-order valence-corrected chi connectivity index (χ0v) is 16.9. The van der Waals surface area contributed by atoms with Gasteiger partial charge in [-0.25, -0.2) is 17.7 Å². The van der Waals surface area contributed by atoms with Gasteiger partial charge in [0.25, 0.3) is 6.47 Å². The molecule has 1 aliphatic rings. The molecule has 1 aromatic heterocycles. The van der Waals surface area contributed by atoms with Gasteiger partial charge in [0.1, 0.15) is 11.6 Å². The Morgan fingerprint density at radius 2 is 2.04 bits per heavy atom. The highest BCUT2D eigenvalue weighted by molar-refractivity contribution is 7.89. The van der Waals surface area contributed by atoms with Crippen molar-refractivity contribution in [1.82, 2.24) is 13.9 Å². The summed E-state index contributed by atoms with van der Waals surface area (Å²) in [6, 6.07) is 7.57. The van der Waals surface area contributed by atoms with Crippen molar-refractivity contribution in [3.63, 3.8) is 0 Å². The first kappa shape index (κ1) is 21.9. The zero-order valence-electron chi connectivity index (χ0n) is 16.1. The molecule has 2 atom stereocenters. The van der Waals surface area contributed by atoms with E-state index in [-0.39, 0.29) is 24.2 Å². The second-order valence-electron chi connectivity index (χ2n) is 6.39. The van der Waals surface area contributed by atoms with E-state index in [9.17, 15) is 8.42 Å². The summed E-state index contributed by atoms with van der Waals surface area (Å²) in [5, 5.41) is 6.89. The minimum absolute atomic E-state index is 0.0498. The topological polar surface area (TPSA) is 111 Å². The highest BCUT2D eigenvalue weighted by Crippen LogP contribution is 2.34. The molecule has 154 valence electrons. The first-order valence-corrected chi connectivity index (χ1v) is 10.2. The third-order valence-corrected chi connectivity index (χ3v) is 6.48. The van der Waals surface area contributed by atoms with Gasteiger partial charge in [-0.3, -0.25) is 4.79 Å². The molecule has 1 N–H and O–H groups in total. The standard InChI is InChI=1S/C17H23N3O4S.CH2O2/c1-19(2)25(21,22)12-13-10-24-11-15(13)20-9-8-18-17(20)14-6-4-5-7-16(14)23-3;2-1-3/h4-9,13,15H,10-12H2,1-3H3;1H,(H,2,3)/t13-,15-;/m1./s1. The van der Waals surface area contributed by atoms with Crippen molar-refractivity contribution < 1.29 is 27.8 Å². The average Bonchev–Trinajstić information content (AvgIpc) is 3.30. The summed E-state index contributed by atoms with van der Waals surface area (Å²) < 4.78 is 38.9. The fourth-order valence-electron chi connectivity index (χ4n) is 3.09. The Hall–Kier alpha value is -2.43. The lowest BCUT2D eigenvalue weighted by Crippen LogP contribution is -2.32. The van der Waals surface area contributed by atoms with E-state index < -0.39 is 10.0 Å². The highest BCUT2D eigenvalue weighted by Gasteiger charge is 2.35.